The van der Waals surface area contributed by atoms with Gasteiger partial charge in [-0.15, -0.1) is 11.3 Å². The summed E-state index contributed by atoms with van der Waals surface area (Å²) in [6, 6.07) is 5.97. The third kappa shape index (κ3) is 2.10. The number of nitrogen functional groups attached to an aromatic ring is 1. The first-order valence-corrected chi connectivity index (χ1v) is 7.22. The average Bonchev–Trinajstić information content (AvgIpc) is 2.95. The number of nitrogens with two attached hydrogens (primary N) is 1. The number of hydrogen-bond donors (Lipinski definition) is 1. The van der Waals surface area contributed by atoms with Gasteiger partial charge in [-0.3, -0.25) is 4.68 Å². The van der Waals surface area contributed by atoms with Crippen molar-refractivity contribution < 1.29 is 0 Å². The molecule has 2 N–H and O–H groups in total. The molecule has 4 nitrogen and oxygen atoms in total. The Hall–Kier alpha value is -1.88. The summed E-state index contributed by atoms with van der Waals surface area (Å²) >= 11 is 1.67. The number of nitrogens with zero attached hydrogens (tertiary/aromatic N) is 3. The van der Waals surface area contributed by atoms with Crippen molar-refractivity contribution in [2.75, 3.05) is 5.73 Å². The van der Waals surface area contributed by atoms with Crippen LogP contribution in [0.2, 0.25) is 0 Å². The second-order valence-electron chi connectivity index (χ2n) is 4.56. The van der Waals surface area contributed by atoms with Crippen molar-refractivity contribution >= 4 is 27.9 Å². The van der Waals surface area contributed by atoms with Gasteiger partial charge in [0.05, 0.1) is 28.5 Å². The molecule has 0 saturated heterocycles. The van der Waals surface area contributed by atoms with E-state index in [1.165, 1.54) is 0 Å². The van der Waals surface area contributed by atoms with Crippen molar-refractivity contribution in [2.45, 2.75) is 26.8 Å². The number of anilines is 1. The largest absolute Gasteiger partial charge is 0.398 e. The Morgan fingerprint density at radius 1 is 1.37 bits per heavy atom. The lowest BCUT2D eigenvalue weighted by atomic mass is 10.1. The van der Waals surface area contributed by atoms with Gasteiger partial charge >= 0.3 is 0 Å². The van der Waals surface area contributed by atoms with Crippen molar-refractivity contribution in [3.05, 3.63) is 40.0 Å². The summed E-state index contributed by atoms with van der Waals surface area (Å²) in [4.78, 5) is 4.50. The van der Waals surface area contributed by atoms with Crippen LogP contribution in [0, 0.1) is 6.92 Å². The Balaban J connectivity index is 2.11. The van der Waals surface area contributed by atoms with Crippen LogP contribution < -0.4 is 5.73 Å². The molecule has 0 aliphatic carbocycles. The minimum atomic E-state index is 0.699. The van der Waals surface area contributed by atoms with Gasteiger partial charge in [0.1, 0.15) is 0 Å². The van der Waals surface area contributed by atoms with Crippen LogP contribution in [0.5, 0.6) is 0 Å². The predicted molar refractivity (Wildman–Crippen MR) is 79.5 cm³/mol. The van der Waals surface area contributed by atoms with E-state index < -0.39 is 0 Å². The first kappa shape index (κ1) is 12.2. The molecule has 0 bridgehead atoms. The molecule has 98 valence electrons. The lowest BCUT2D eigenvalue weighted by molar-refractivity contribution is 0.684. The smallest absolute Gasteiger partial charge is 0.0898 e. The van der Waals surface area contributed by atoms with E-state index in [4.69, 9.17) is 5.73 Å². The predicted octanol–water partition coefficient (Wildman–Crippen LogP) is 2.99. The SMILES string of the molecule is CCc1nn(Cc2csc(C)n2)c2cccc(N)c12. The van der Waals surface area contributed by atoms with Gasteiger partial charge in [-0.25, -0.2) is 4.98 Å². The number of hydrogen-bond acceptors (Lipinski definition) is 4. The fourth-order valence-electron chi connectivity index (χ4n) is 2.34. The van der Waals surface area contributed by atoms with Crippen molar-refractivity contribution in [1.82, 2.24) is 14.8 Å². The fourth-order valence-corrected chi connectivity index (χ4v) is 2.94. The molecule has 1 aromatic carbocycles. The Kier molecular flexibility index (Phi) is 2.98. The summed E-state index contributed by atoms with van der Waals surface area (Å²) in [7, 11) is 0. The van der Waals surface area contributed by atoms with E-state index in [2.05, 4.69) is 28.5 Å². The Bertz CT molecular complexity index is 726. The summed E-state index contributed by atoms with van der Waals surface area (Å²) in [5, 5.41) is 8.92. The molecule has 3 rings (SSSR count). The topological polar surface area (TPSA) is 56.7 Å². The molecular formula is C14H16N4S. The molecule has 0 saturated carbocycles. The van der Waals surface area contributed by atoms with Gasteiger partial charge in [0.2, 0.25) is 0 Å². The Labute approximate surface area is 115 Å². The third-order valence-electron chi connectivity index (χ3n) is 3.20. The molecule has 0 atom stereocenters. The molecule has 0 unspecified atom stereocenters. The van der Waals surface area contributed by atoms with Gasteiger partial charge in [0.15, 0.2) is 0 Å². The van der Waals surface area contributed by atoms with E-state index in [0.29, 0.717) is 6.54 Å². The standard InChI is InChI=1S/C14H16N4S/c1-3-12-14-11(15)5-4-6-13(14)18(17-12)7-10-8-19-9(2)16-10/h4-6,8H,3,7,15H2,1-2H3. The van der Waals surface area contributed by atoms with Crippen LogP contribution in [0.4, 0.5) is 5.69 Å². The van der Waals surface area contributed by atoms with Gasteiger partial charge in [-0.05, 0) is 25.5 Å². The molecule has 2 aromatic heterocycles. The van der Waals surface area contributed by atoms with E-state index in [-0.39, 0.29) is 0 Å². The molecule has 0 aliphatic rings. The normalized spacial score (nSPS) is 11.3. The van der Waals surface area contributed by atoms with Gasteiger partial charge in [-0.1, -0.05) is 13.0 Å². The Morgan fingerprint density at radius 2 is 2.21 bits per heavy atom. The summed E-state index contributed by atoms with van der Waals surface area (Å²) in [5.41, 5.74) is 10.1. The Morgan fingerprint density at radius 3 is 2.89 bits per heavy atom. The van der Waals surface area contributed by atoms with Crippen LogP contribution in [0.1, 0.15) is 23.3 Å². The highest BCUT2D eigenvalue weighted by molar-refractivity contribution is 7.09. The highest BCUT2D eigenvalue weighted by Crippen LogP contribution is 2.25. The summed E-state index contributed by atoms with van der Waals surface area (Å²) < 4.78 is 2.00. The molecule has 0 fully saturated rings. The minimum absolute atomic E-state index is 0.699. The van der Waals surface area contributed by atoms with Crippen LogP contribution in [-0.2, 0) is 13.0 Å². The molecule has 0 spiro atoms. The molecule has 19 heavy (non-hydrogen) atoms. The van der Waals surface area contributed by atoms with E-state index >= 15 is 0 Å². The molecule has 5 heteroatoms. The minimum Gasteiger partial charge on any atom is -0.398 e. The number of aryl methyl sites for hydroxylation is 2. The average molecular weight is 272 g/mol. The van der Waals surface area contributed by atoms with Crippen molar-refractivity contribution in [3.63, 3.8) is 0 Å². The summed E-state index contributed by atoms with van der Waals surface area (Å²) in [5.74, 6) is 0. The van der Waals surface area contributed by atoms with Crippen LogP contribution in [0.15, 0.2) is 23.6 Å². The van der Waals surface area contributed by atoms with E-state index in [1.54, 1.807) is 11.3 Å². The van der Waals surface area contributed by atoms with Crippen LogP contribution in [0.25, 0.3) is 10.9 Å². The van der Waals surface area contributed by atoms with E-state index in [1.807, 2.05) is 23.7 Å². The molecule has 0 aliphatic heterocycles. The number of thiazole rings is 1. The van der Waals surface area contributed by atoms with Crippen LogP contribution >= 0.6 is 11.3 Å². The quantitative estimate of drug-likeness (QED) is 0.746. The molecule has 2 heterocycles. The van der Waals surface area contributed by atoms with Gasteiger partial charge < -0.3 is 5.73 Å². The fraction of sp³-hybridized carbons (Fsp3) is 0.286. The molecule has 0 amide bonds. The van der Waals surface area contributed by atoms with Crippen LogP contribution in [-0.4, -0.2) is 14.8 Å². The maximum atomic E-state index is 6.08. The van der Waals surface area contributed by atoms with Crippen molar-refractivity contribution in [3.8, 4) is 0 Å². The third-order valence-corrected chi connectivity index (χ3v) is 4.02. The summed E-state index contributed by atoms with van der Waals surface area (Å²) in [6.45, 7) is 4.82. The lowest BCUT2D eigenvalue weighted by Gasteiger charge is -2.01. The first-order valence-electron chi connectivity index (χ1n) is 6.34. The highest BCUT2D eigenvalue weighted by Gasteiger charge is 2.12. The molecule has 0 radical (unpaired) electrons. The van der Waals surface area contributed by atoms with Crippen molar-refractivity contribution in [2.24, 2.45) is 0 Å². The monoisotopic (exact) mass is 272 g/mol. The van der Waals surface area contributed by atoms with Gasteiger partial charge in [0, 0.05) is 16.5 Å². The lowest BCUT2D eigenvalue weighted by Crippen LogP contribution is -2.02. The molecule has 3 aromatic rings. The van der Waals surface area contributed by atoms with E-state index in [0.717, 1.165) is 39.4 Å². The van der Waals surface area contributed by atoms with Crippen LogP contribution in [0.3, 0.4) is 0 Å². The maximum absolute atomic E-state index is 6.08. The molecular weight excluding hydrogens is 256 g/mol. The number of rotatable bonds is 3. The maximum Gasteiger partial charge on any atom is 0.0898 e. The zero-order valence-corrected chi connectivity index (χ0v) is 11.9. The van der Waals surface area contributed by atoms with Crippen molar-refractivity contribution in [1.29, 1.82) is 0 Å². The van der Waals surface area contributed by atoms with Gasteiger partial charge in [-0.2, -0.15) is 5.10 Å². The second-order valence-corrected chi connectivity index (χ2v) is 5.62. The van der Waals surface area contributed by atoms with E-state index in [9.17, 15) is 0 Å². The number of fused-ring (bicyclic) bond motifs is 1. The number of benzene rings is 1. The summed E-state index contributed by atoms with van der Waals surface area (Å²) in [6.07, 6.45) is 0.883. The number of aromatic nitrogens is 3. The van der Waals surface area contributed by atoms with Gasteiger partial charge in [0.25, 0.3) is 0 Å². The zero-order valence-electron chi connectivity index (χ0n) is 11.1. The highest BCUT2D eigenvalue weighted by atomic mass is 32.1. The zero-order chi connectivity index (χ0) is 13.4. The second kappa shape index (κ2) is 4.66. The first-order chi connectivity index (χ1) is 9.19.